The molecule has 1 aliphatic heterocycles. The number of ketones is 1. The number of nitrogens with one attached hydrogen (secondary N) is 2. The average molecular weight is 346 g/mol. The van der Waals surface area contributed by atoms with Crippen molar-refractivity contribution in [3.05, 3.63) is 0 Å². The van der Waals surface area contributed by atoms with Crippen LogP contribution < -0.4 is 10.6 Å². The predicted octanol–water partition coefficient (Wildman–Crippen LogP) is 3.09. The summed E-state index contributed by atoms with van der Waals surface area (Å²) in [6.07, 6.45) is 5.59. The Morgan fingerprint density at radius 1 is 1.12 bits per heavy atom. The molecule has 0 radical (unpaired) electrons. The summed E-state index contributed by atoms with van der Waals surface area (Å²) in [4.78, 5) is 26.5. The first kappa shape index (κ1) is 23.1. The zero-order valence-electron chi connectivity index (χ0n) is 16.7. The molecule has 0 aromatic carbocycles. The Morgan fingerprint density at radius 2 is 1.71 bits per heavy atom. The van der Waals surface area contributed by atoms with Gasteiger partial charge in [-0.1, -0.05) is 34.1 Å². The SMILES string of the molecule is CC.CN[C@H](C(=O)N[C@@H](CCCN1CCCCC1)C(C)=O)C(C)C.[HH].[HH]. The van der Waals surface area contributed by atoms with E-state index < -0.39 is 0 Å². The number of carbonyl (C=O) groups excluding carboxylic acids is 2. The van der Waals surface area contributed by atoms with E-state index in [1.165, 1.54) is 32.4 Å². The van der Waals surface area contributed by atoms with Gasteiger partial charge in [0.1, 0.15) is 0 Å². The summed E-state index contributed by atoms with van der Waals surface area (Å²) < 4.78 is 0. The Kier molecular flexibility index (Phi) is 12.8. The van der Waals surface area contributed by atoms with Crippen LogP contribution in [-0.2, 0) is 9.59 Å². The number of likely N-dealkylation sites (N-methyl/N-ethyl adjacent to an activating group) is 1. The van der Waals surface area contributed by atoms with Gasteiger partial charge in [-0.15, -0.1) is 0 Å². The van der Waals surface area contributed by atoms with Crippen LogP contribution in [0.15, 0.2) is 0 Å². The molecule has 1 amide bonds. The van der Waals surface area contributed by atoms with Crippen LogP contribution in [0.25, 0.3) is 0 Å². The first-order chi connectivity index (χ1) is 11.5. The van der Waals surface area contributed by atoms with Crippen molar-refractivity contribution in [3.63, 3.8) is 0 Å². The fourth-order valence-corrected chi connectivity index (χ4v) is 3.11. The van der Waals surface area contributed by atoms with Crippen molar-refractivity contribution in [2.45, 2.75) is 78.8 Å². The van der Waals surface area contributed by atoms with E-state index in [2.05, 4.69) is 15.5 Å². The minimum Gasteiger partial charge on any atom is -0.345 e. The highest BCUT2D eigenvalue weighted by atomic mass is 16.2. The van der Waals surface area contributed by atoms with Gasteiger partial charge in [-0.25, -0.2) is 0 Å². The topological polar surface area (TPSA) is 61.4 Å². The summed E-state index contributed by atoms with van der Waals surface area (Å²) >= 11 is 0. The first-order valence-corrected chi connectivity index (χ1v) is 9.66. The maximum Gasteiger partial charge on any atom is 0.237 e. The molecule has 0 unspecified atom stereocenters. The lowest BCUT2D eigenvalue weighted by atomic mass is 10.0. The minimum atomic E-state index is -0.355. The second-order valence-corrected chi connectivity index (χ2v) is 6.73. The van der Waals surface area contributed by atoms with Crippen molar-refractivity contribution in [2.24, 2.45) is 5.92 Å². The molecule has 0 aliphatic carbocycles. The number of carbonyl (C=O) groups is 2. The Balaban J connectivity index is -0.00000127. The first-order valence-electron chi connectivity index (χ1n) is 9.66. The number of hydrogen-bond donors (Lipinski definition) is 2. The zero-order valence-corrected chi connectivity index (χ0v) is 16.7. The lowest BCUT2D eigenvalue weighted by Gasteiger charge is -2.27. The summed E-state index contributed by atoms with van der Waals surface area (Å²) in [6.45, 7) is 12.9. The molecule has 1 saturated heterocycles. The monoisotopic (exact) mass is 345 g/mol. The number of piperidine rings is 1. The molecular formula is C19H43N3O2. The third-order valence-corrected chi connectivity index (χ3v) is 4.48. The lowest BCUT2D eigenvalue weighted by Crippen LogP contribution is -2.51. The maximum absolute atomic E-state index is 12.3. The molecule has 0 saturated carbocycles. The van der Waals surface area contributed by atoms with E-state index in [1.54, 1.807) is 14.0 Å². The van der Waals surface area contributed by atoms with E-state index in [9.17, 15) is 9.59 Å². The Hall–Kier alpha value is -0.940. The molecule has 5 heteroatoms. The van der Waals surface area contributed by atoms with Gasteiger partial charge in [-0.2, -0.15) is 0 Å². The number of likely N-dealkylation sites (tertiary alicyclic amines) is 1. The summed E-state index contributed by atoms with van der Waals surface area (Å²) in [5.41, 5.74) is 0. The number of Topliss-reactive ketones (excluding diaryl/α,β-unsaturated/α-hetero) is 1. The molecule has 146 valence electrons. The van der Waals surface area contributed by atoms with Crippen LogP contribution in [0.3, 0.4) is 0 Å². The van der Waals surface area contributed by atoms with Crippen molar-refractivity contribution in [2.75, 3.05) is 26.7 Å². The molecule has 0 aromatic heterocycles. The molecule has 2 atom stereocenters. The minimum absolute atomic E-state index is 0. The van der Waals surface area contributed by atoms with Crippen LogP contribution in [0.5, 0.6) is 0 Å². The smallest absolute Gasteiger partial charge is 0.237 e. The number of hydrogen-bond acceptors (Lipinski definition) is 4. The third-order valence-electron chi connectivity index (χ3n) is 4.48. The highest BCUT2D eigenvalue weighted by molar-refractivity contribution is 5.89. The average Bonchev–Trinajstić information content (AvgIpc) is 2.57. The standard InChI is InChI=1S/C17H33N3O2.C2H6.2H2/c1-13(2)16(18-4)17(22)19-15(14(3)21)9-8-12-20-10-6-5-7-11-20;1-2;;/h13,15-16,18H,5-12H2,1-4H3,(H,19,22);1-2H3;2*1H/t15-,16-;;;/m0.../s1. The number of amides is 1. The summed E-state index contributed by atoms with van der Waals surface area (Å²) in [6, 6.07) is -0.601. The zero-order chi connectivity index (χ0) is 18.5. The molecule has 0 bridgehead atoms. The second-order valence-electron chi connectivity index (χ2n) is 6.73. The van der Waals surface area contributed by atoms with Crippen molar-refractivity contribution in [3.8, 4) is 0 Å². The van der Waals surface area contributed by atoms with E-state index >= 15 is 0 Å². The van der Waals surface area contributed by atoms with Gasteiger partial charge in [0, 0.05) is 2.85 Å². The van der Waals surface area contributed by atoms with Gasteiger partial charge in [-0.05, 0) is 65.2 Å². The summed E-state index contributed by atoms with van der Waals surface area (Å²) in [5, 5.41) is 5.94. The van der Waals surface area contributed by atoms with Crippen molar-refractivity contribution in [1.82, 2.24) is 15.5 Å². The van der Waals surface area contributed by atoms with Crippen LogP contribution in [0.2, 0.25) is 0 Å². The molecule has 2 N–H and O–H groups in total. The van der Waals surface area contributed by atoms with E-state index in [4.69, 9.17) is 0 Å². The molecule has 1 rings (SSSR count). The third kappa shape index (κ3) is 8.78. The fourth-order valence-electron chi connectivity index (χ4n) is 3.11. The van der Waals surface area contributed by atoms with Gasteiger partial charge in [0.2, 0.25) is 5.91 Å². The fraction of sp³-hybridized carbons (Fsp3) is 0.895. The normalized spacial score (nSPS) is 17.6. The Morgan fingerprint density at radius 3 is 2.17 bits per heavy atom. The van der Waals surface area contributed by atoms with Gasteiger partial charge in [0.25, 0.3) is 0 Å². The van der Waals surface area contributed by atoms with Gasteiger partial charge in [0.15, 0.2) is 5.78 Å². The van der Waals surface area contributed by atoms with E-state index in [0.717, 1.165) is 19.4 Å². The van der Waals surface area contributed by atoms with E-state index in [1.807, 2.05) is 27.7 Å². The highest BCUT2D eigenvalue weighted by Gasteiger charge is 2.24. The molecule has 1 fully saturated rings. The van der Waals surface area contributed by atoms with E-state index in [0.29, 0.717) is 0 Å². The van der Waals surface area contributed by atoms with Crippen LogP contribution >= 0.6 is 0 Å². The van der Waals surface area contributed by atoms with Gasteiger partial charge < -0.3 is 15.5 Å². The molecule has 1 heterocycles. The van der Waals surface area contributed by atoms with Gasteiger partial charge in [-0.3, -0.25) is 9.59 Å². The second kappa shape index (κ2) is 13.4. The Labute approximate surface area is 151 Å². The van der Waals surface area contributed by atoms with Crippen molar-refractivity contribution < 1.29 is 12.4 Å². The molecule has 0 aromatic rings. The summed E-state index contributed by atoms with van der Waals surface area (Å²) in [7, 11) is 1.78. The van der Waals surface area contributed by atoms with Crippen LogP contribution in [-0.4, -0.2) is 55.4 Å². The quantitative estimate of drug-likeness (QED) is 0.674. The molecular weight excluding hydrogens is 302 g/mol. The predicted molar refractivity (Wildman–Crippen MR) is 105 cm³/mol. The van der Waals surface area contributed by atoms with Crippen molar-refractivity contribution in [1.29, 1.82) is 0 Å². The van der Waals surface area contributed by atoms with Gasteiger partial charge in [0.05, 0.1) is 12.1 Å². The van der Waals surface area contributed by atoms with Crippen molar-refractivity contribution >= 4 is 11.7 Å². The van der Waals surface area contributed by atoms with Gasteiger partial charge >= 0.3 is 0 Å². The molecule has 1 aliphatic rings. The molecule has 0 spiro atoms. The summed E-state index contributed by atoms with van der Waals surface area (Å²) in [5.74, 6) is 0.173. The Bertz CT molecular complexity index is 363. The van der Waals surface area contributed by atoms with Crippen LogP contribution in [0.1, 0.15) is 69.6 Å². The van der Waals surface area contributed by atoms with Crippen LogP contribution in [0.4, 0.5) is 0 Å². The maximum atomic E-state index is 12.3. The molecule has 5 nitrogen and oxygen atoms in total. The highest BCUT2D eigenvalue weighted by Crippen LogP contribution is 2.11. The number of nitrogens with zero attached hydrogens (tertiary/aromatic N) is 1. The van der Waals surface area contributed by atoms with Crippen LogP contribution in [0, 0.1) is 5.92 Å². The number of rotatable bonds is 9. The lowest BCUT2D eigenvalue weighted by molar-refractivity contribution is -0.129. The molecule has 24 heavy (non-hydrogen) atoms. The van der Waals surface area contributed by atoms with E-state index in [-0.39, 0.29) is 32.5 Å². The largest absolute Gasteiger partial charge is 0.345 e.